The highest BCUT2D eigenvalue weighted by molar-refractivity contribution is 5.99. The molecule has 0 unspecified atom stereocenters. The predicted octanol–water partition coefficient (Wildman–Crippen LogP) is 2.90. The van der Waals surface area contributed by atoms with Gasteiger partial charge in [0.05, 0.1) is 18.6 Å². The fourth-order valence-electron chi connectivity index (χ4n) is 2.95. The van der Waals surface area contributed by atoms with Crippen molar-refractivity contribution in [1.29, 1.82) is 0 Å². The number of hydrogen-bond acceptors (Lipinski definition) is 4. The van der Waals surface area contributed by atoms with Crippen LogP contribution in [0.2, 0.25) is 0 Å². The standard InChI is InChI=1S/C18H21NO5/c1-11(2)23-10-14-13-5-3-4-6-15(13)24-16(14)17(20)19-8-7-12(9-19)18(21)22/h3-6,11-12H,7-10H2,1-2H3,(H,21,22)/t12-/m0/s1. The van der Waals surface area contributed by atoms with Gasteiger partial charge < -0.3 is 19.2 Å². The fraction of sp³-hybridized carbons (Fsp3) is 0.444. The Bertz CT molecular complexity index is 764. The van der Waals surface area contributed by atoms with Crippen molar-refractivity contribution < 1.29 is 23.8 Å². The average Bonchev–Trinajstić information content (AvgIpc) is 3.17. The van der Waals surface area contributed by atoms with Crippen LogP contribution in [0.15, 0.2) is 28.7 Å². The number of ether oxygens (including phenoxy) is 1. The van der Waals surface area contributed by atoms with Crippen molar-refractivity contribution >= 4 is 22.8 Å². The number of fused-ring (bicyclic) bond motifs is 1. The molecule has 6 heteroatoms. The third-order valence-electron chi connectivity index (χ3n) is 4.28. The molecule has 1 aliphatic rings. The Morgan fingerprint density at radius 1 is 1.38 bits per heavy atom. The Hall–Kier alpha value is -2.34. The summed E-state index contributed by atoms with van der Waals surface area (Å²) in [7, 11) is 0. The summed E-state index contributed by atoms with van der Waals surface area (Å²) in [6, 6.07) is 7.46. The van der Waals surface area contributed by atoms with Crippen molar-refractivity contribution in [3.05, 3.63) is 35.6 Å². The molecule has 1 aromatic heterocycles. The quantitative estimate of drug-likeness (QED) is 0.911. The summed E-state index contributed by atoms with van der Waals surface area (Å²) in [6.07, 6.45) is 0.504. The van der Waals surface area contributed by atoms with Crippen molar-refractivity contribution in [2.24, 2.45) is 5.92 Å². The van der Waals surface area contributed by atoms with E-state index in [2.05, 4.69) is 0 Å². The van der Waals surface area contributed by atoms with E-state index in [0.717, 1.165) is 10.9 Å². The van der Waals surface area contributed by atoms with Crippen LogP contribution in [-0.2, 0) is 16.1 Å². The Kier molecular flexibility index (Phi) is 4.57. The number of para-hydroxylation sites is 1. The van der Waals surface area contributed by atoms with Crippen molar-refractivity contribution in [3.63, 3.8) is 0 Å². The van der Waals surface area contributed by atoms with E-state index in [-0.39, 0.29) is 30.9 Å². The molecule has 2 heterocycles. The first-order chi connectivity index (χ1) is 11.5. The highest BCUT2D eigenvalue weighted by atomic mass is 16.5. The Morgan fingerprint density at radius 2 is 2.12 bits per heavy atom. The number of carbonyl (C=O) groups excluding carboxylic acids is 1. The lowest BCUT2D eigenvalue weighted by atomic mass is 10.1. The minimum Gasteiger partial charge on any atom is -0.481 e. The molecule has 0 aliphatic carbocycles. The third-order valence-corrected chi connectivity index (χ3v) is 4.28. The first-order valence-corrected chi connectivity index (χ1v) is 8.11. The normalized spacial score (nSPS) is 17.8. The average molecular weight is 331 g/mol. The number of furan rings is 1. The van der Waals surface area contributed by atoms with Gasteiger partial charge in [-0.1, -0.05) is 18.2 Å². The molecule has 3 rings (SSSR count). The molecule has 24 heavy (non-hydrogen) atoms. The van der Waals surface area contributed by atoms with Crippen LogP contribution >= 0.6 is 0 Å². The van der Waals surface area contributed by atoms with E-state index < -0.39 is 11.9 Å². The topological polar surface area (TPSA) is 80.0 Å². The molecule has 1 aliphatic heterocycles. The van der Waals surface area contributed by atoms with E-state index in [1.165, 1.54) is 0 Å². The van der Waals surface area contributed by atoms with E-state index in [1.54, 1.807) is 4.90 Å². The van der Waals surface area contributed by atoms with Crippen molar-refractivity contribution in [2.75, 3.05) is 13.1 Å². The van der Waals surface area contributed by atoms with Crippen molar-refractivity contribution in [3.8, 4) is 0 Å². The zero-order valence-electron chi connectivity index (χ0n) is 13.8. The van der Waals surface area contributed by atoms with E-state index in [9.17, 15) is 9.59 Å². The summed E-state index contributed by atoms with van der Waals surface area (Å²) >= 11 is 0. The molecule has 2 aromatic rings. The van der Waals surface area contributed by atoms with E-state index >= 15 is 0 Å². The molecule has 0 radical (unpaired) electrons. The van der Waals surface area contributed by atoms with Crippen molar-refractivity contribution in [2.45, 2.75) is 33.0 Å². The number of hydrogen-bond donors (Lipinski definition) is 1. The number of carbonyl (C=O) groups is 2. The Labute approximate surface area is 140 Å². The first kappa shape index (κ1) is 16.5. The van der Waals surface area contributed by atoms with Crippen LogP contribution in [0.1, 0.15) is 36.4 Å². The highest BCUT2D eigenvalue weighted by Crippen LogP contribution is 2.29. The Balaban J connectivity index is 1.91. The van der Waals surface area contributed by atoms with Gasteiger partial charge in [0.15, 0.2) is 5.76 Å². The molecule has 1 aromatic carbocycles. The molecule has 1 amide bonds. The predicted molar refractivity (Wildman–Crippen MR) is 87.8 cm³/mol. The van der Waals surface area contributed by atoms with Gasteiger partial charge in [0.2, 0.25) is 0 Å². The van der Waals surface area contributed by atoms with Gasteiger partial charge in [0.1, 0.15) is 5.58 Å². The second-order valence-electron chi connectivity index (χ2n) is 6.34. The fourth-order valence-corrected chi connectivity index (χ4v) is 2.95. The molecule has 1 atom stereocenters. The van der Waals surface area contributed by atoms with E-state index in [1.807, 2.05) is 38.1 Å². The van der Waals surface area contributed by atoms with Gasteiger partial charge in [-0.3, -0.25) is 9.59 Å². The van der Waals surface area contributed by atoms with Gasteiger partial charge in [-0.2, -0.15) is 0 Å². The summed E-state index contributed by atoms with van der Waals surface area (Å²) in [5.74, 6) is -1.38. The van der Waals surface area contributed by atoms with Crippen LogP contribution in [0.4, 0.5) is 0 Å². The number of benzene rings is 1. The third kappa shape index (κ3) is 3.14. The lowest BCUT2D eigenvalue weighted by Gasteiger charge is -2.15. The summed E-state index contributed by atoms with van der Waals surface area (Å²) in [5.41, 5.74) is 1.36. The summed E-state index contributed by atoms with van der Waals surface area (Å²) < 4.78 is 11.5. The van der Waals surface area contributed by atoms with Gasteiger partial charge in [0, 0.05) is 24.0 Å². The van der Waals surface area contributed by atoms with Crippen LogP contribution in [0.25, 0.3) is 11.0 Å². The number of carboxylic acid groups (broad SMARTS) is 1. The molecule has 128 valence electrons. The minimum absolute atomic E-state index is 0.0322. The highest BCUT2D eigenvalue weighted by Gasteiger charge is 2.34. The molecule has 0 saturated carbocycles. The van der Waals surface area contributed by atoms with Crippen LogP contribution < -0.4 is 0 Å². The number of likely N-dealkylation sites (tertiary alicyclic amines) is 1. The van der Waals surface area contributed by atoms with Crippen LogP contribution in [0.3, 0.4) is 0 Å². The maximum Gasteiger partial charge on any atom is 0.308 e. The number of rotatable bonds is 5. The van der Waals surface area contributed by atoms with E-state index in [0.29, 0.717) is 18.5 Å². The molecule has 1 fully saturated rings. The number of aliphatic carboxylic acids is 1. The maximum absolute atomic E-state index is 12.8. The summed E-state index contributed by atoms with van der Waals surface area (Å²) in [6.45, 7) is 4.79. The molecular formula is C18H21NO5. The molecular weight excluding hydrogens is 310 g/mol. The van der Waals surface area contributed by atoms with Gasteiger partial charge >= 0.3 is 5.97 Å². The largest absolute Gasteiger partial charge is 0.481 e. The molecule has 1 saturated heterocycles. The number of nitrogens with zero attached hydrogens (tertiary/aromatic N) is 1. The summed E-state index contributed by atoms with van der Waals surface area (Å²) in [5, 5.41) is 9.97. The zero-order chi connectivity index (χ0) is 17.3. The molecule has 0 spiro atoms. The second kappa shape index (κ2) is 6.65. The van der Waals surface area contributed by atoms with Crippen LogP contribution in [0.5, 0.6) is 0 Å². The van der Waals surface area contributed by atoms with Gasteiger partial charge in [-0.05, 0) is 26.3 Å². The smallest absolute Gasteiger partial charge is 0.308 e. The number of carboxylic acids is 1. The summed E-state index contributed by atoms with van der Waals surface area (Å²) in [4.78, 5) is 25.5. The van der Waals surface area contributed by atoms with Crippen LogP contribution in [-0.4, -0.2) is 41.1 Å². The molecule has 0 bridgehead atoms. The molecule has 6 nitrogen and oxygen atoms in total. The first-order valence-electron chi connectivity index (χ1n) is 8.11. The number of amides is 1. The van der Waals surface area contributed by atoms with Crippen LogP contribution in [0, 0.1) is 5.92 Å². The van der Waals surface area contributed by atoms with Crippen molar-refractivity contribution in [1.82, 2.24) is 4.90 Å². The minimum atomic E-state index is -0.863. The van der Waals surface area contributed by atoms with Gasteiger partial charge in [0.25, 0.3) is 5.91 Å². The van der Waals surface area contributed by atoms with E-state index in [4.69, 9.17) is 14.3 Å². The van der Waals surface area contributed by atoms with Gasteiger partial charge in [-0.25, -0.2) is 0 Å². The molecule has 1 N–H and O–H groups in total. The lowest BCUT2D eigenvalue weighted by molar-refractivity contribution is -0.141. The maximum atomic E-state index is 12.8. The monoisotopic (exact) mass is 331 g/mol. The second-order valence-corrected chi connectivity index (χ2v) is 6.34. The SMILES string of the molecule is CC(C)OCc1c(C(=O)N2CC[C@H](C(=O)O)C2)oc2ccccc12. The Morgan fingerprint density at radius 3 is 2.79 bits per heavy atom. The van der Waals surface area contributed by atoms with Gasteiger partial charge in [-0.15, -0.1) is 0 Å². The lowest BCUT2D eigenvalue weighted by Crippen LogP contribution is -2.30. The zero-order valence-corrected chi connectivity index (χ0v) is 13.8.